The Balaban J connectivity index is 0.00000512. The van der Waals surface area contributed by atoms with E-state index >= 15 is 0 Å². The number of halogens is 1. The minimum atomic E-state index is 0. The summed E-state index contributed by atoms with van der Waals surface area (Å²) in [6.45, 7) is 11.2. The van der Waals surface area contributed by atoms with E-state index in [0.29, 0.717) is 19.0 Å². The molecule has 1 aromatic carbocycles. The molecule has 0 unspecified atom stereocenters. The molecule has 1 heterocycles. The molecular weight excluding hydrogens is 535 g/mol. The molecule has 0 aliphatic heterocycles. The molecule has 0 amide bonds. The number of hydrogen-bond acceptors (Lipinski definition) is 5. The molecule has 1 aromatic heterocycles. The van der Waals surface area contributed by atoms with Crippen LogP contribution in [0.25, 0.3) is 0 Å². The Kier molecular flexibility index (Phi) is 13.7. The first-order valence-corrected chi connectivity index (χ1v) is 12.4. The first-order valence-electron chi connectivity index (χ1n) is 11.0. The van der Waals surface area contributed by atoms with Gasteiger partial charge in [0.15, 0.2) is 11.8 Å². The van der Waals surface area contributed by atoms with Crippen LogP contribution in [0.4, 0.5) is 0 Å². The number of nitrogens with zero attached hydrogens (tertiary/aromatic N) is 4. The molecule has 32 heavy (non-hydrogen) atoms. The normalized spacial score (nSPS) is 11.4. The number of aromatic nitrogens is 3. The molecule has 180 valence electrons. The van der Waals surface area contributed by atoms with Gasteiger partial charge in [0, 0.05) is 19.2 Å². The van der Waals surface area contributed by atoms with E-state index in [1.807, 2.05) is 30.3 Å². The Labute approximate surface area is 214 Å². The molecule has 0 spiro atoms. The lowest BCUT2D eigenvalue weighted by molar-refractivity contribution is 0.287. The summed E-state index contributed by atoms with van der Waals surface area (Å²) < 4.78 is 8.07. The Morgan fingerprint density at radius 1 is 1.22 bits per heavy atom. The lowest BCUT2D eigenvalue weighted by Gasteiger charge is -2.15. The van der Waals surface area contributed by atoms with Crippen LogP contribution >= 0.6 is 35.7 Å². The third-order valence-electron chi connectivity index (χ3n) is 5.00. The van der Waals surface area contributed by atoms with E-state index in [2.05, 4.69) is 66.1 Å². The number of rotatable bonds is 12. The lowest BCUT2D eigenvalue weighted by atomic mass is 10.1. The fraction of sp³-hybridized carbons (Fsp3) is 0.609. The van der Waals surface area contributed by atoms with Crippen LogP contribution in [-0.2, 0) is 20.1 Å². The lowest BCUT2D eigenvalue weighted by Crippen LogP contribution is -2.38. The Bertz CT molecular complexity index is 840. The fourth-order valence-corrected chi connectivity index (χ4v) is 3.29. The first kappa shape index (κ1) is 28.5. The molecule has 0 saturated carbocycles. The van der Waals surface area contributed by atoms with Crippen molar-refractivity contribution in [2.75, 3.05) is 25.2 Å². The van der Waals surface area contributed by atoms with Gasteiger partial charge in [0.25, 0.3) is 0 Å². The minimum Gasteiger partial charge on any atom is -0.493 e. The van der Waals surface area contributed by atoms with Crippen molar-refractivity contribution >= 4 is 41.7 Å². The van der Waals surface area contributed by atoms with E-state index in [9.17, 15) is 0 Å². The summed E-state index contributed by atoms with van der Waals surface area (Å²) in [5, 5.41) is 15.2. The van der Waals surface area contributed by atoms with Crippen LogP contribution in [0.2, 0.25) is 0 Å². The average Bonchev–Trinajstić information content (AvgIpc) is 3.05. The number of aryl methyl sites for hydroxylation is 2. The molecular formula is C23H39IN6OS. The smallest absolute Gasteiger partial charge is 0.191 e. The van der Waals surface area contributed by atoms with E-state index in [1.54, 1.807) is 0 Å². The summed E-state index contributed by atoms with van der Waals surface area (Å²) in [7, 11) is 1.97. The van der Waals surface area contributed by atoms with Gasteiger partial charge < -0.3 is 19.9 Å². The molecule has 0 fully saturated rings. The van der Waals surface area contributed by atoms with Crippen molar-refractivity contribution in [1.29, 1.82) is 0 Å². The molecule has 2 aromatic rings. The van der Waals surface area contributed by atoms with E-state index in [1.165, 1.54) is 5.56 Å². The maximum absolute atomic E-state index is 6.09. The van der Waals surface area contributed by atoms with Crippen LogP contribution in [0, 0.1) is 19.8 Å². The SMILES string of the molecule is CSCCCNC(=NCc1ccc(C)cc1OCCC(C)C)NCc1nnc(C)n1C.I. The molecule has 9 heteroatoms. The van der Waals surface area contributed by atoms with Gasteiger partial charge in [-0.25, -0.2) is 4.99 Å². The monoisotopic (exact) mass is 574 g/mol. The zero-order valence-corrected chi connectivity index (χ0v) is 23.4. The topological polar surface area (TPSA) is 76.4 Å². The number of guanidine groups is 1. The standard InChI is InChI=1S/C23H38N6OS.HI/c1-17(2)10-12-30-21-14-18(3)8-9-20(21)15-25-23(24-11-7-13-31-6)26-16-22-28-27-19(4)29(22)5;/h8-9,14,17H,7,10-13,15-16H2,1-6H3,(H2,24,25,26);1H. The van der Waals surface area contributed by atoms with Crippen molar-refractivity contribution in [2.24, 2.45) is 18.0 Å². The molecule has 0 aliphatic carbocycles. The van der Waals surface area contributed by atoms with Gasteiger partial charge in [-0.15, -0.1) is 34.2 Å². The van der Waals surface area contributed by atoms with Gasteiger partial charge in [-0.1, -0.05) is 26.0 Å². The van der Waals surface area contributed by atoms with Gasteiger partial charge in [0.05, 0.1) is 19.7 Å². The molecule has 0 bridgehead atoms. The highest BCUT2D eigenvalue weighted by molar-refractivity contribution is 14.0. The summed E-state index contributed by atoms with van der Waals surface area (Å²) in [6, 6.07) is 6.33. The molecule has 2 N–H and O–H groups in total. The minimum absolute atomic E-state index is 0. The third-order valence-corrected chi connectivity index (χ3v) is 5.69. The van der Waals surface area contributed by atoms with Crippen molar-refractivity contribution < 1.29 is 4.74 Å². The highest BCUT2D eigenvalue weighted by atomic mass is 127. The van der Waals surface area contributed by atoms with Crippen LogP contribution in [0.1, 0.15) is 49.5 Å². The second kappa shape index (κ2) is 15.4. The zero-order valence-electron chi connectivity index (χ0n) is 20.3. The second-order valence-electron chi connectivity index (χ2n) is 8.16. The number of ether oxygens (including phenoxy) is 1. The highest BCUT2D eigenvalue weighted by Crippen LogP contribution is 2.22. The van der Waals surface area contributed by atoms with Gasteiger partial charge in [-0.2, -0.15) is 11.8 Å². The van der Waals surface area contributed by atoms with E-state index in [4.69, 9.17) is 9.73 Å². The van der Waals surface area contributed by atoms with E-state index < -0.39 is 0 Å². The van der Waals surface area contributed by atoms with Gasteiger partial charge in [-0.05, 0) is 56.2 Å². The molecule has 2 rings (SSSR count). The summed E-state index contributed by atoms with van der Waals surface area (Å²) in [6.07, 6.45) is 4.25. The molecule has 0 atom stereocenters. The van der Waals surface area contributed by atoms with Crippen LogP contribution in [-0.4, -0.2) is 45.9 Å². The number of hydrogen-bond donors (Lipinski definition) is 2. The maximum atomic E-state index is 6.09. The van der Waals surface area contributed by atoms with Crippen LogP contribution < -0.4 is 15.4 Å². The Hall–Kier alpha value is -1.49. The average molecular weight is 575 g/mol. The maximum Gasteiger partial charge on any atom is 0.191 e. The summed E-state index contributed by atoms with van der Waals surface area (Å²) in [5.41, 5.74) is 2.28. The molecule has 7 nitrogen and oxygen atoms in total. The Morgan fingerprint density at radius 3 is 2.66 bits per heavy atom. The van der Waals surface area contributed by atoms with Crippen molar-refractivity contribution in [3.63, 3.8) is 0 Å². The van der Waals surface area contributed by atoms with Gasteiger partial charge in [0.2, 0.25) is 0 Å². The van der Waals surface area contributed by atoms with Crippen molar-refractivity contribution in [3.8, 4) is 5.75 Å². The zero-order chi connectivity index (χ0) is 22.6. The summed E-state index contributed by atoms with van der Waals surface area (Å²) >= 11 is 1.85. The third kappa shape index (κ3) is 9.97. The van der Waals surface area contributed by atoms with E-state index in [-0.39, 0.29) is 24.0 Å². The van der Waals surface area contributed by atoms with E-state index in [0.717, 1.165) is 60.7 Å². The van der Waals surface area contributed by atoms with Crippen LogP contribution in [0.5, 0.6) is 5.75 Å². The summed E-state index contributed by atoms with van der Waals surface area (Å²) in [5.74, 6) is 5.21. The molecule has 0 saturated heterocycles. The van der Waals surface area contributed by atoms with Crippen LogP contribution in [0.3, 0.4) is 0 Å². The van der Waals surface area contributed by atoms with Gasteiger partial charge in [-0.3, -0.25) is 0 Å². The van der Waals surface area contributed by atoms with Crippen molar-refractivity contribution in [3.05, 3.63) is 41.0 Å². The predicted molar refractivity (Wildman–Crippen MR) is 146 cm³/mol. The highest BCUT2D eigenvalue weighted by Gasteiger charge is 2.08. The molecule has 0 radical (unpaired) electrons. The largest absolute Gasteiger partial charge is 0.493 e. The second-order valence-corrected chi connectivity index (χ2v) is 9.14. The quantitative estimate of drug-likeness (QED) is 0.169. The Morgan fingerprint density at radius 2 is 2.00 bits per heavy atom. The predicted octanol–water partition coefficient (Wildman–Crippen LogP) is 4.46. The fourth-order valence-electron chi connectivity index (χ4n) is 2.86. The number of benzene rings is 1. The van der Waals surface area contributed by atoms with Crippen molar-refractivity contribution in [1.82, 2.24) is 25.4 Å². The van der Waals surface area contributed by atoms with Gasteiger partial charge >= 0.3 is 0 Å². The first-order chi connectivity index (χ1) is 14.9. The number of nitrogens with one attached hydrogen (secondary N) is 2. The van der Waals surface area contributed by atoms with Crippen LogP contribution in [0.15, 0.2) is 23.2 Å². The number of thioether (sulfide) groups is 1. The van der Waals surface area contributed by atoms with Gasteiger partial charge in [0.1, 0.15) is 11.6 Å². The van der Waals surface area contributed by atoms with Crippen molar-refractivity contribution in [2.45, 2.75) is 53.6 Å². The molecule has 0 aliphatic rings. The number of aliphatic imine (C=N–C) groups is 1. The summed E-state index contributed by atoms with van der Waals surface area (Å²) in [4.78, 5) is 4.83.